The van der Waals surface area contributed by atoms with E-state index in [-0.39, 0.29) is 18.6 Å². The first-order valence-electron chi connectivity index (χ1n) is 9.44. The molecule has 8 nitrogen and oxygen atoms in total. The van der Waals surface area contributed by atoms with Crippen molar-refractivity contribution in [2.75, 3.05) is 24.7 Å². The molecular weight excluding hydrogens is 374 g/mol. The normalized spacial score (nSPS) is 39.9. The van der Waals surface area contributed by atoms with Gasteiger partial charge in [0.05, 0.1) is 24.4 Å². The average molecular weight is 408 g/mol. The largest absolute Gasteiger partial charge is 0.396 e. The molecule has 1 aliphatic carbocycles. The first kappa shape index (κ1) is 22.9. The molecule has 0 aromatic heterocycles. The predicted octanol–water partition coefficient (Wildman–Crippen LogP) is -0.811. The van der Waals surface area contributed by atoms with Crippen molar-refractivity contribution >= 4 is 11.8 Å². The minimum Gasteiger partial charge on any atom is -0.396 e. The number of rotatable bonds is 9. The van der Waals surface area contributed by atoms with Crippen molar-refractivity contribution in [2.45, 2.75) is 69.1 Å². The third-order valence-corrected chi connectivity index (χ3v) is 6.14. The zero-order valence-electron chi connectivity index (χ0n) is 15.7. The second-order valence-electron chi connectivity index (χ2n) is 7.38. The van der Waals surface area contributed by atoms with E-state index >= 15 is 0 Å². The molecule has 9 heteroatoms. The summed E-state index contributed by atoms with van der Waals surface area (Å²) in [5.41, 5.74) is 0.906. The van der Waals surface area contributed by atoms with Gasteiger partial charge in [0.2, 0.25) is 0 Å². The highest BCUT2D eigenvalue weighted by Gasteiger charge is 2.44. The first-order valence-corrected chi connectivity index (χ1v) is 10.6. The SMILES string of the molecule is C=C(C)NCCSCC1CC(O)C(O)C(OC2C(CO)CCC(O)C2O)O1. The fraction of sp³-hybridized carbons (Fsp3) is 0.889. The number of hydrogen-bond acceptors (Lipinski definition) is 9. The number of hydrogen-bond donors (Lipinski definition) is 6. The maximum absolute atomic E-state index is 10.2. The lowest BCUT2D eigenvalue weighted by atomic mass is 9.83. The van der Waals surface area contributed by atoms with Gasteiger partial charge in [-0.2, -0.15) is 11.8 Å². The molecule has 0 bridgehead atoms. The maximum atomic E-state index is 10.2. The van der Waals surface area contributed by atoms with Gasteiger partial charge in [-0.05, 0) is 19.8 Å². The van der Waals surface area contributed by atoms with Gasteiger partial charge in [-0.1, -0.05) is 6.58 Å². The van der Waals surface area contributed by atoms with Gasteiger partial charge in [-0.25, -0.2) is 0 Å². The summed E-state index contributed by atoms with van der Waals surface area (Å²) in [5.74, 6) is 1.11. The van der Waals surface area contributed by atoms with Gasteiger partial charge in [0, 0.05) is 42.7 Å². The van der Waals surface area contributed by atoms with Gasteiger partial charge in [-0.15, -0.1) is 0 Å². The summed E-state index contributed by atoms with van der Waals surface area (Å²) in [4.78, 5) is 0. The van der Waals surface area contributed by atoms with Crippen LogP contribution in [-0.4, -0.2) is 93.1 Å². The van der Waals surface area contributed by atoms with Crippen LogP contribution < -0.4 is 5.32 Å². The van der Waals surface area contributed by atoms with E-state index < -0.39 is 36.8 Å². The maximum Gasteiger partial charge on any atom is 0.186 e. The van der Waals surface area contributed by atoms with Crippen LogP contribution in [0.25, 0.3) is 0 Å². The van der Waals surface area contributed by atoms with Crippen molar-refractivity contribution in [1.82, 2.24) is 5.32 Å². The number of thioether (sulfide) groups is 1. The number of allylic oxidation sites excluding steroid dienone is 1. The van der Waals surface area contributed by atoms with E-state index in [1.54, 1.807) is 11.8 Å². The van der Waals surface area contributed by atoms with Crippen molar-refractivity contribution in [3.05, 3.63) is 12.3 Å². The highest BCUT2D eigenvalue weighted by molar-refractivity contribution is 7.99. The molecule has 1 aliphatic heterocycles. The fourth-order valence-corrected chi connectivity index (χ4v) is 4.34. The van der Waals surface area contributed by atoms with E-state index in [1.807, 2.05) is 6.92 Å². The average Bonchev–Trinajstić information content (AvgIpc) is 2.62. The molecule has 8 atom stereocenters. The van der Waals surface area contributed by atoms with Crippen molar-refractivity contribution in [1.29, 1.82) is 0 Å². The molecule has 158 valence electrons. The molecule has 0 radical (unpaired) electrons. The quantitative estimate of drug-likeness (QED) is 0.272. The molecule has 2 fully saturated rings. The second-order valence-corrected chi connectivity index (χ2v) is 8.53. The minimum absolute atomic E-state index is 0.200. The van der Waals surface area contributed by atoms with Crippen molar-refractivity contribution in [2.24, 2.45) is 5.92 Å². The first-order chi connectivity index (χ1) is 12.8. The summed E-state index contributed by atoms with van der Waals surface area (Å²) in [5, 5.41) is 53.2. The van der Waals surface area contributed by atoms with Crippen LogP contribution in [0, 0.1) is 5.92 Å². The van der Waals surface area contributed by atoms with Gasteiger partial charge in [0.15, 0.2) is 6.29 Å². The van der Waals surface area contributed by atoms with E-state index in [1.165, 1.54) is 0 Å². The Morgan fingerprint density at radius 2 is 1.93 bits per heavy atom. The summed E-state index contributed by atoms with van der Waals surface area (Å²) in [6.07, 6.45) is -5.49. The molecule has 1 saturated heterocycles. The molecule has 0 aromatic rings. The van der Waals surface area contributed by atoms with Crippen LogP contribution in [0.15, 0.2) is 12.3 Å². The number of nitrogens with one attached hydrogen (secondary N) is 1. The molecule has 1 heterocycles. The van der Waals surface area contributed by atoms with Crippen molar-refractivity contribution < 1.29 is 35.0 Å². The van der Waals surface area contributed by atoms with E-state index in [0.29, 0.717) is 25.0 Å². The summed E-state index contributed by atoms with van der Waals surface area (Å²) >= 11 is 1.65. The molecule has 2 aliphatic rings. The van der Waals surface area contributed by atoms with Crippen LogP contribution in [0.3, 0.4) is 0 Å². The van der Waals surface area contributed by atoms with E-state index in [4.69, 9.17) is 9.47 Å². The molecule has 0 aromatic carbocycles. The molecule has 1 saturated carbocycles. The highest BCUT2D eigenvalue weighted by atomic mass is 32.2. The zero-order chi connectivity index (χ0) is 20.0. The molecule has 8 unspecified atom stereocenters. The van der Waals surface area contributed by atoms with E-state index in [2.05, 4.69) is 11.9 Å². The molecular formula is C18H33NO7S. The lowest BCUT2D eigenvalue weighted by Crippen LogP contribution is -2.56. The predicted molar refractivity (Wildman–Crippen MR) is 102 cm³/mol. The van der Waals surface area contributed by atoms with Crippen LogP contribution in [0.1, 0.15) is 26.2 Å². The molecule has 6 N–H and O–H groups in total. The monoisotopic (exact) mass is 407 g/mol. The highest BCUT2D eigenvalue weighted by Crippen LogP contribution is 2.32. The lowest BCUT2D eigenvalue weighted by molar-refractivity contribution is -0.300. The molecule has 0 spiro atoms. The van der Waals surface area contributed by atoms with E-state index in [0.717, 1.165) is 18.0 Å². The summed E-state index contributed by atoms with van der Waals surface area (Å²) in [6, 6.07) is 0. The smallest absolute Gasteiger partial charge is 0.186 e. The van der Waals surface area contributed by atoms with Crippen LogP contribution in [0.5, 0.6) is 0 Å². The Balaban J connectivity index is 1.89. The Kier molecular flexibility index (Phi) is 9.30. The summed E-state index contributed by atoms with van der Waals surface area (Å²) in [6.45, 7) is 6.25. The van der Waals surface area contributed by atoms with Crippen molar-refractivity contribution in [3.63, 3.8) is 0 Å². The lowest BCUT2D eigenvalue weighted by Gasteiger charge is -2.43. The van der Waals surface area contributed by atoms with Gasteiger partial charge < -0.3 is 40.3 Å². The Bertz CT molecular complexity index is 467. The van der Waals surface area contributed by atoms with Gasteiger partial charge >= 0.3 is 0 Å². The van der Waals surface area contributed by atoms with Gasteiger partial charge in [-0.3, -0.25) is 0 Å². The van der Waals surface area contributed by atoms with Gasteiger partial charge in [0.1, 0.15) is 12.2 Å². The Morgan fingerprint density at radius 1 is 1.19 bits per heavy atom. The van der Waals surface area contributed by atoms with Crippen LogP contribution in [-0.2, 0) is 9.47 Å². The third-order valence-electron chi connectivity index (χ3n) is 5.04. The van der Waals surface area contributed by atoms with Gasteiger partial charge in [0.25, 0.3) is 0 Å². The third kappa shape index (κ3) is 6.57. The Hall–Kier alpha value is -0.390. The second kappa shape index (κ2) is 11.0. The Morgan fingerprint density at radius 3 is 2.59 bits per heavy atom. The standard InChI is InChI=1S/C18H33NO7S/c1-10(2)19-5-6-27-9-12-7-14(22)16(24)18(25-12)26-17-11(8-20)3-4-13(21)15(17)23/h11-24H,1,3-9H2,2H3. The number of ether oxygens (including phenoxy) is 2. The number of aliphatic hydroxyl groups is 5. The van der Waals surface area contributed by atoms with E-state index in [9.17, 15) is 25.5 Å². The summed E-state index contributed by atoms with van der Waals surface area (Å²) in [7, 11) is 0. The molecule has 27 heavy (non-hydrogen) atoms. The van der Waals surface area contributed by atoms with Crippen molar-refractivity contribution in [3.8, 4) is 0 Å². The number of aliphatic hydroxyl groups excluding tert-OH is 5. The summed E-state index contributed by atoms with van der Waals surface area (Å²) < 4.78 is 11.6. The fourth-order valence-electron chi connectivity index (χ4n) is 3.45. The van der Waals surface area contributed by atoms with Crippen LogP contribution in [0.4, 0.5) is 0 Å². The zero-order valence-corrected chi connectivity index (χ0v) is 16.6. The molecule has 0 amide bonds. The Labute approximate surface area is 164 Å². The van der Waals surface area contributed by atoms with Crippen LogP contribution >= 0.6 is 11.8 Å². The molecule has 2 rings (SSSR count). The minimum atomic E-state index is -1.25. The van der Waals surface area contributed by atoms with Crippen LogP contribution in [0.2, 0.25) is 0 Å². The topological polar surface area (TPSA) is 132 Å².